The summed E-state index contributed by atoms with van der Waals surface area (Å²) in [6.07, 6.45) is 0. The minimum atomic E-state index is -0.406. The van der Waals surface area contributed by atoms with E-state index in [2.05, 4.69) is 5.32 Å². The second-order valence-corrected chi connectivity index (χ2v) is 7.91. The van der Waals surface area contributed by atoms with E-state index in [-0.39, 0.29) is 11.6 Å². The highest BCUT2D eigenvalue weighted by Crippen LogP contribution is 2.35. The van der Waals surface area contributed by atoms with Gasteiger partial charge in [0.25, 0.3) is 11.8 Å². The molecule has 2 amide bonds. The van der Waals surface area contributed by atoms with Crippen molar-refractivity contribution in [3.63, 3.8) is 0 Å². The molecule has 0 atom stereocenters. The number of carbonyl (C=O) groups is 2. The average molecular weight is 417 g/mol. The molecule has 0 saturated heterocycles. The summed E-state index contributed by atoms with van der Waals surface area (Å²) >= 11 is 6.12. The lowest BCUT2D eigenvalue weighted by molar-refractivity contribution is -0.120. The first-order valence-electron chi connectivity index (χ1n) is 9.65. The van der Waals surface area contributed by atoms with Crippen LogP contribution in [-0.4, -0.2) is 11.8 Å². The monoisotopic (exact) mass is 416 g/mol. The Hall–Kier alpha value is -3.37. The molecular formula is C25H21ClN2O2. The van der Waals surface area contributed by atoms with Gasteiger partial charge in [0.15, 0.2) is 0 Å². The minimum absolute atomic E-state index is 0.258. The molecule has 5 heteroatoms. The number of aryl methyl sites for hydroxylation is 3. The molecule has 3 aromatic rings. The van der Waals surface area contributed by atoms with E-state index in [4.69, 9.17) is 11.6 Å². The Morgan fingerprint density at radius 2 is 1.57 bits per heavy atom. The molecule has 0 unspecified atom stereocenters. The maximum absolute atomic E-state index is 13.5. The Balaban J connectivity index is 1.86. The second kappa shape index (κ2) is 7.81. The second-order valence-electron chi connectivity index (χ2n) is 7.47. The first-order chi connectivity index (χ1) is 14.3. The van der Waals surface area contributed by atoms with E-state index in [0.29, 0.717) is 21.8 Å². The van der Waals surface area contributed by atoms with Crippen LogP contribution in [0.5, 0.6) is 0 Å². The molecule has 1 aliphatic heterocycles. The molecule has 4 rings (SSSR count). The van der Waals surface area contributed by atoms with Crippen molar-refractivity contribution in [2.24, 2.45) is 0 Å². The molecule has 0 fully saturated rings. The van der Waals surface area contributed by atoms with Crippen LogP contribution in [0.4, 0.5) is 11.4 Å². The lowest BCUT2D eigenvalue weighted by Gasteiger charge is -2.15. The molecule has 0 spiro atoms. The molecule has 0 bridgehead atoms. The van der Waals surface area contributed by atoms with Crippen molar-refractivity contribution in [2.75, 3.05) is 10.2 Å². The van der Waals surface area contributed by atoms with Gasteiger partial charge in [0, 0.05) is 10.7 Å². The third-order valence-electron chi connectivity index (χ3n) is 5.23. The number of halogens is 1. The molecule has 1 heterocycles. The summed E-state index contributed by atoms with van der Waals surface area (Å²) in [5, 5.41) is 3.65. The zero-order valence-electron chi connectivity index (χ0n) is 17.0. The van der Waals surface area contributed by atoms with Crippen LogP contribution in [0.25, 0.3) is 5.57 Å². The number of benzene rings is 3. The molecule has 150 valence electrons. The summed E-state index contributed by atoms with van der Waals surface area (Å²) in [6, 6.07) is 20.2. The topological polar surface area (TPSA) is 49.4 Å². The van der Waals surface area contributed by atoms with E-state index in [1.807, 2.05) is 63.2 Å². The summed E-state index contributed by atoms with van der Waals surface area (Å²) < 4.78 is 0. The normalized spacial score (nSPS) is 13.9. The maximum atomic E-state index is 13.5. The van der Waals surface area contributed by atoms with Gasteiger partial charge < -0.3 is 5.32 Å². The number of hydrogen-bond donors (Lipinski definition) is 1. The largest absolute Gasteiger partial charge is 0.350 e. The van der Waals surface area contributed by atoms with Gasteiger partial charge in [-0.15, -0.1) is 0 Å². The lowest BCUT2D eigenvalue weighted by atomic mass is 9.99. The highest BCUT2D eigenvalue weighted by molar-refractivity contribution is 6.46. The van der Waals surface area contributed by atoms with Crippen LogP contribution < -0.4 is 10.2 Å². The number of rotatable bonds is 4. The predicted octanol–water partition coefficient (Wildman–Crippen LogP) is 5.66. The molecule has 0 aliphatic carbocycles. The molecule has 0 radical (unpaired) electrons. The molecule has 1 aliphatic rings. The first-order valence-corrected chi connectivity index (χ1v) is 10.0. The Labute approximate surface area is 180 Å². The van der Waals surface area contributed by atoms with Crippen LogP contribution in [0.15, 0.2) is 72.4 Å². The van der Waals surface area contributed by atoms with Gasteiger partial charge >= 0.3 is 0 Å². The number of carbonyl (C=O) groups excluding carboxylic acids is 2. The summed E-state index contributed by atoms with van der Waals surface area (Å²) in [5.74, 6) is -0.780. The Morgan fingerprint density at radius 1 is 0.800 bits per heavy atom. The van der Waals surface area contributed by atoms with Gasteiger partial charge in [-0.1, -0.05) is 48.0 Å². The van der Waals surface area contributed by atoms with Gasteiger partial charge in [-0.05, 0) is 73.4 Å². The van der Waals surface area contributed by atoms with E-state index >= 15 is 0 Å². The number of nitrogens with zero attached hydrogens (tertiary/aromatic N) is 1. The molecular weight excluding hydrogens is 396 g/mol. The summed E-state index contributed by atoms with van der Waals surface area (Å²) in [7, 11) is 0. The van der Waals surface area contributed by atoms with Crippen molar-refractivity contribution < 1.29 is 9.59 Å². The molecule has 1 N–H and O–H groups in total. The predicted molar refractivity (Wildman–Crippen MR) is 122 cm³/mol. The highest BCUT2D eigenvalue weighted by atomic mass is 35.5. The molecule has 4 nitrogen and oxygen atoms in total. The van der Waals surface area contributed by atoms with Crippen LogP contribution in [0.3, 0.4) is 0 Å². The van der Waals surface area contributed by atoms with Crippen LogP contribution in [-0.2, 0) is 9.59 Å². The van der Waals surface area contributed by atoms with E-state index < -0.39 is 5.91 Å². The third kappa shape index (κ3) is 3.62. The van der Waals surface area contributed by atoms with Crippen molar-refractivity contribution in [2.45, 2.75) is 20.8 Å². The van der Waals surface area contributed by atoms with Crippen LogP contribution in [0.1, 0.15) is 22.3 Å². The SMILES string of the molecule is Cc1cccc(NC2=C(c3ccc(C)c(C)c3)C(=O)N(c3cccc(Cl)c3)C2=O)c1. The number of imide groups is 1. The quantitative estimate of drug-likeness (QED) is 0.558. The smallest absolute Gasteiger partial charge is 0.282 e. The fraction of sp³-hybridized carbons (Fsp3) is 0.120. The van der Waals surface area contributed by atoms with Crippen LogP contribution >= 0.6 is 11.6 Å². The van der Waals surface area contributed by atoms with Crippen molar-refractivity contribution in [1.82, 2.24) is 0 Å². The summed E-state index contributed by atoms with van der Waals surface area (Å²) in [5.41, 5.74) is 5.74. The van der Waals surface area contributed by atoms with Crippen LogP contribution in [0.2, 0.25) is 5.02 Å². The van der Waals surface area contributed by atoms with E-state index in [0.717, 1.165) is 22.4 Å². The summed E-state index contributed by atoms with van der Waals surface area (Å²) in [6.45, 7) is 5.98. The number of anilines is 2. The van der Waals surface area contributed by atoms with Gasteiger partial charge in [-0.2, -0.15) is 0 Å². The fourth-order valence-electron chi connectivity index (χ4n) is 3.53. The highest BCUT2D eigenvalue weighted by Gasteiger charge is 2.40. The van der Waals surface area contributed by atoms with E-state index in [9.17, 15) is 9.59 Å². The fourth-order valence-corrected chi connectivity index (χ4v) is 3.71. The minimum Gasteiger partial charge on any atom is -0.350 e. The Bertz CT molecular complexity index is 1210. The molecule has 3 aromatic carbocycles. The average Bonchev–Trinajstić information content (AvgIpc) is 2.94. The van der Waals surface area contributed by atoms with Crippen molar-refractivity contribution in [3.05, 3.63) is 99.7 Å². The van der Waals surface area contributed by atoms with Crippen LogP contribution in [0, 0.1) is 20.8 Å². The maximum Gasteiger partial charge on any atom is 0.282 e. The van der Waals surface area contributed by atoms with Crippen molar-refractivity contribution >= 4 is 40.4 Å². The van der Waals surface area contributed by atoms with Crippen molar-refractivity contribution in [3.8, 4) is 0 Å². The zero-order valence-corrected chi connectivity index (χ0v) is 17.7. The van der Waals surface area contributed by atoms with Gasteiger partial charge in [0.1, 0.15) is 5.70 Å². The Morgan fingerprint density at radius 3 is 2.27 bits per heavy atom. The number of amides is 2. The lowest BCUT2D eigenvalue weighted by Crippen LogP contribution is -2.32. The molecule has 0 aromatic heterocycles. The number of nitrogens with one attached hydrogen (secondary N) is 1. The van der Waals surface area contributed by atoms with Crippen molar-refractivity contribution in [1.29, 1.82) is 0 Å². The van der Waals surface area contributed by atoms with Gasteiger partial charge in [-0.3, -0.25) is 9.59 Å². The molecule has 30 heavy (non-hydrogen) atoms. The zero-order chi connectivity index (χ0) is 21.4. The third-order valence-corrected chi connectivity index (χ3v) is 5.47. The van der Waals surface area contributed by atoms with Gasteiger partial charge in [0.2, 0.25) is 0 Å². The molecule has 0 saturated carbocycles. The standard InChI is InChI=1S/C25H21ClN2O2/c1-15-6-4-8-20(12-15)27-23-22(18-11-10-16(2)17(3)13-18)24(29)28(25(23)30)21-9-5-7-19(26)14-21/h4-14,27H,1-3H3. The summed E-state index contributed by atoms with van der Waals surface area (Å²) in [4.78, 5) is 28.0. The Kier molecular flexibility index (Phi) is 5.18. The number of hydrogen-bond acceptors (Lipinski definition) is 3. The van der Waals surface area contributed by atoms with E-state index in [1.165, 1.54) is 4.90 Å². The van der Waals surface area contributed by atoms with Gasteiger partial charge in [-0.25, -0.2) is 4.90 Å². The van der Waals surface area contributed by atoms with E-state index in [1.54, 1.807) is 24.3 Å². The van der Waals surface area contributed by atoms with Gasteiger partial charge in [0.05, 0.1) is 11.3 Å². The first kappa shape index (κ1) is 19.9.